The molecule has 3 aromatic rings. The number of anilines is 1. The second-order valence-corrected chi connectivity index (χ2v) is 8.71. The first-order valence-corrected chi connectivity index (χ1v) is 11.1. The van der Waals surface area contributed by atoms with E-state index in [9.17, 15) is 4.79 Å². The number of hydrogen-bond donors (Lipinski definition) is 1. The zero-order valence-corrected chi connectivity index (χ0v) is 18.3. The van der Waals surface area contributed by atoms with Gasteiger partial charge >= 0.3 is 0 Å². The molecule has 8 heteroatoms. The Hall–Kier alpha value is -2.45. The summed E-state index contributed by atoms with van der Waals surface area (Å²) in [5, 5.41) is 9.21. The number of hydrogen-bond acceptors (Lipinski definition) is 5. The van der Waals surface area contributed by atoms with Gasteiger partial charge in [0.2, 0.25) is 5.91 Å². The summed E-state index contributed by atoms with van der Waals surface area (Å²) in [6.07, 6.45) is 0.945. The maximum Gasteiger partial charge on any atom is 0.245 e. The average molecular weight is 428 g/mol. The van der Waals surface area contributed by atoms with Gasteiger partial charge in [-0.3, -0.25) is 14.5 Å². The molecule has 0 aliphatic carbocycles. The Morgan fingerprint density at radius 1 is 1.17 bits per heavy atom. The molecule has 1 amide bonds. The molecule has 0 bridgehead atoms. The quantitative estimate of drug-likeness (QED) is 0.632. The van der Waals surface area contributed by atoms with E-state index in [1.165, 1.54) is 11.3 Å². The smallest absolute Gasteiger partial charge is 0.245 e. The van der Waals surface area contributed by atoms with Crippen molar-refractivity contribution in [3.05, 3.63) is 52.1 Å². The number of aromatic nitrogens is 3. The molecule has 1 fully saturated rings. The first-order valence-electron chi connectivity index (χ1n) is 9.86. The van der Waals surface area contributed by atoms with E-state index in [4.69, 9.17) is 12.2 Å². The fourth-order valence-corrected chi connectivity index (χ4v) is 4.77. The van der Waals surface area contributed by atoms with Crippen LogP contribution in [0.25, 0.3) is 10.7 Å². The Morgan fingerprint density at radius 2 is 1.97 bits per heavy atom. The number of thiophene rings is 1. The molecule has 1 unspecified atom stereocenters. The number of amides is 1. The van der Waals surface area contributed by atoms with Gasteiger partial charge in [-0.25, -0.2) is 0 Å². The summed E-state index contributed by atoms with van der Waals surface area (Å²) < 4.78 is 2.32. The summed E-state index contributed by atoms with van der Waals surface area (Å²) in [7, 11) is 0. The number of benzene rings is 1. The van der Waals surface area contributed by atoms with Crippen LogP contribution in [0.4, 0.5) is 5.69 Å². The average Bonchev–Trinajstić information content (AvgIpc) is 3.31. The molecule has 1 aliphatic rings. The maximum absolute atomic E-state index is 13.3. The van der Waals surface area contributed by atoms with Crippen LogP contribution < -0.4 is 4.90 Å². The fourth-order valence-electron chi connectivity index (χ4n) is 3.77. The molecule has 2 aromatic heterocycles. The normalized spacial score (nSPS) is 15.9. The minimum Gasteiger partial charge on any atom is -0.370 e. The lowest BCUT2D eigenvalue weighted by Gasteiger charge is -2.26. The number of nitrogens with zero attached hydrogens (tertiary/aromatic N) is 4. The number of nitrogens with one attached hydrogen (secondary N) is 1. The van der Waals surface area contributed by atoms with Crippen LogP contribution in [0.2, 0.25) is 0 Å². The van der Waals surface area contributed by atoms with E-state index in [2.05, 4.69) is 46.3 Å². The van der Waals surface area contributed by atoms with Crippen molar-refractivity contribution < 1.29 is 4.79 Å². The third kappa shape index (κ3) is 4.13. The summed E-state index contributed by atoms with van der Waals surface area (Å²) in [4.78, 5) is 18.6. The molecule has 3 heterocycles. The summed E-state index contributed by atoms with van der Waals surface area (Å²) in [5.41, 5.74) is 2.47. The van der Waals surface area contributed by atoms with Crippen molar-refractivity contribution in [1.82, 2.24) is 19.7 Å². The number of carbonyl (C=O) groups is 1. The number of H-pyrrole nitrogens is 1. The van der Waals surface area contributed by atoms with Gasteiger partial charge in [0, 0.05) is 31.9 Å². The molecule has 1 atom stereocenters. The molecule has 0 radical (unpaired) electrons. The van der Waals surface area contributed by atoms with Crippen LogP contribution in [0.5, 0.6) is 0 Å². The molecule has 1 aliphatic heterocycles. The monoisotopic (exact) mass is 427 g/mol. The molecule has 0 saturated carbocycles. The Labute approximate surface area is 179 Å². The largest absolute Gasteiger partial charge is 0.370 e. The first-order chi connectivity index (χ1) is 14.0. The van der Waals surface area contributed by atoms with Gasteiger partial charge in [-0.1, -0.05) is 23.8 Å². The van der Waals surface area contributed by atoms with Crippen molar-refractivity contribution in [3.8, 4) is 10.7 Å². The first kappa shape index (κ1) is 19.8. The maximum atomic E-state index is 13.3. The van der Waals surface area contributed by atoms with Gasteiger partial charge in [0.15, 0.2) is 10.6 Å². The molecule has 152 valence electrons. The SMILES string of the molecule is Cc1ccc(N2CCCN(C(=O)C(C)n3c(-c4cccs4)n[nH]c3=S)CC2)cc1. The summed E-state index contributed by atoms with van der Waals surface area (Å²) in [6.45, 7) is 7.25. The molecule has 1 aromatic carbocycles. The van der Waals surface area contributed by atoms with Crippen LogP contribution in [-0.2, 0) is 4.79 Å². The second-order valence-electron chi connectivity index (χ2n) is 7.38. The molecule has 1 N–H and O–H groups in total. The topological polar surface area (TPSA) is 57.2 Å². The van der Waals surface area contributed by atoms with Crippen LogP contribution in [0.15, 0.2) is 41.8 Å². The predicted octanol–water partition coefficient (Wildman–Crippen LogP) is 4.28. The van der Waals surface area contributed by atoms with Gasteiger partial charge in [0.05, 0.1) is 4.88 Å². The third-order valence-corrected chi connectivity index (χ3v) is 6.55. The van der Waals surface area contributed by atoms with E-state index in [0.29, 0.717) is 11.3 Å². The highest BCUT2D eigenvalue weighted by Gasteiger charge is 2.27. The predicted molar refractivity (Wildman–Crippen MR) is 120 cm³/mol. The summed E-state index contributed by atoms with van der Waals surface area (Å²) >= 11 is 7.02. The van der Waals surface area contributed by atoms with Gasteiger partial charge in [0.1, 0.15) is 6.04 Å². The highest BCUT2D eigenvalue weighted by Crippen LogP contribution is 2.26. The fraction of sp³-hybridized carbons (Fsp3) is 0.381. The van der Waals surface area contributed by atoms with E-state index in [0.717, 1.165) is 36.8 Å². The number of aryl methyl sites for hydroxylation is 1. The molecule has 29 heavy (non-hydrogen) atoms. The molecule has 0 spiro atoms. The van der Waals surface area contributed by atoms with Gasteiger partial charge in [-0.15, -0.1) is 11.3 Å². The Kier molecular flexibility index (Phi) is 5.82. The van der Waals surface area contributed by atoms with Crippen molar-refractivity contribution >= 4 is 35.1 Å². The lowest BCUT2D eigenvalue weighted by Crippen LogP contribution is -2.39. The van der Waals surface area contributed by atoms with Gasteiger partial charge in [0.25, 0.3) is 0 Å². The Bertz CT molecular complexity index is 1020. The number of carbonyl (C=O) groups excluding carboxylic acids is 1. The molecule has 1 saturated heterocycles. The lowest BCUT2D eigenvalue weighted by molar-refractivity contribution is -0.134. The summed E-state index contributed by atoms with van der Waals surface area (Å²) in [6, 6.07) is 12.2. The van der Waals surface area contributed by atoms with Gasteiger partial charge in [-0.05, 0) is 56.1 Å². The van der Waals surface area contributed by atoms with Crippen molar-refractivity contribution in [2.24, 2.45) is 0 Å². The van der Waals surface area contributed by atoms with Gasteiger partial charge < -0.3 is 9.80 Å². The molecular formula is C21H25N5OS2. The van der Waals surface area contributed by atoms with Crippen LogP contribution >= 0.6 is 23.6 Å². The molecule has 6 nitrogen and oxygen atoms in total. The Balaban J connectivity index is 1.50. The highest BCUT2D eigenvalue weighted by atomic mass is 32.1. The molecular weight excluding hydrogens is 402 g/mol. The number of aromatic amines is 1. The van der Waals surface area contributed by atoms with Crippen molar-refractivity contribution in [2.75, 3.05) is 31.1 Å². The molecule has 4 rings (SSSR count). The van der Waals surface area contributed by atoms with Crippen LogP contribution in [0.3, 0.4) is 0 Å². The standard InChI is InChI=1S/C21H25N5OS2/c1-15-6-8-17(9-7-15)24-10-4-11-25(13-12-24)20(27)16(2)26-19(22-23-21(26)28)18-5-3-14-29-18/h3,5-9,14,16H,4,10-13H2,1-2H3,(H,23,28). The van der Waals surface area contributed by atoms with E-state index >= 15 is 0 Å². The minimum atomic E-state index is -0.399. The van der Waals surface area contributed by atoms with Crippen molar-refractivity contribution in [2.45, 2.75) is 26.3 Å². The van der Waals surface area contributed by atoms with E-state index in [1.54, 1.807) is 11.3 Å². The van der Waals surface area contributed by atoms with E-state index in [-0.39, 0.29) is 5.91 Å². The van der Waals surface area contributed by atoms with Crippen molar-refractivity contribution in [1.29, 1.82) is 0 Å². The number of rotatable bonds is 4. The third-order valence-electron chi connectivity index (χ3n) is 5.40. The summed E-state index contributed by atoms with van der Waals surface area (Å²) in [5.74, 6) is 0.813. The Morgan fingerprint density at radius 3 is 2.69 bits per heavy atom. The lowest BCUT2D eigenvalue weighted by atomic mass is 10.2. The van der Waals surface area contributed by atoms with Crippen molar-refractivity contribution in [3.63, 3.8) is 0 Å². The van der Waals surface area contributed by atoms with Crippen LogP contribution in [0.1, 0.15) is 24.9 Å². The zero-order chi connectivity index (χ0) is 20.4. The van der Waals surface area contributed by atoms with Crippen LogP contribution in [0, 0.1) is 11.7 Å². The van der Waals surface area contributed by atoms with E-state index < -0.39 is 6.04 Å². The second kappa shape index (κ2) is 8.51. The van der Waals surface area contributed by atoms with Crippen LogP contribution in [-0.4, -0.2) is 51.8 Å². The highest BCUT2D eigenvalue weighted by molar-refractivity contribution is 7.71. The van der Waals surface area contributed by atoms with E-state index in [1.807, 2.05) is 33.9 Å². The minimum absolute atomic E-state index is 0.0889. The van der Waals surface area contributed by atoms with Gasteiger partial charge in [-0.2, -0.15) is 5.10 Å². The zero-order valence-electron chi connectivity index (χ0n) is 16.7.